The van der Waals surface area contributed by atoms with Crippen molar-refractivity contribution in [1.82, 2.24) is 15.2 Å². The number of aromatic nitrogens is 3. The number of hydrogen-bond donors (Lipinski definition) is 2. The average molecular weight is 344 g/mol. The summed E-state index contributed by atoms with van der Waals surface area (Å²) in [5.41, 5.74) is 1.56. The molecule has 0 saturated carbocycles. The van der Waals surface area contributed by atoms with Gasteiger partial charge in [-0.25, -0.2) is 8.42 Å². The molecule has 0 amide bonds. The molecule has 2 N–H and O–H groups in total. The SMILES string of the molecule is CCOc1ccc(S(=O)(=O)Nc2cc(-c3ccncc3)[nH]n2)cc1. The molecule has 8 heteroatoms. The van der Waals surface area contributed by atoms with Crippen LogP contribution < -0.4 is 9.46 Å². The van der Waals surface area contributed by atoms with Crippen LogP contribution in [0.2, 0.25) is 0 Å². The van der Waals surface area contributed by atoms with Gasteiger partial charge in [0.25, 0.3) is 10.0 Å². The Hall–Kier alpha value is -2.87. The van der Waals surface area contributed by atoms with Gasteiger partial charge in [0, 0.05) is 24.0 Å². The van der Waals surface area contributed by atoms with Crippen LogP contribution in [0.25, 0.3) is 11.3 Å². The largest absolute Gasteiger partial charge is 0.494 e. The molecule has 3 rings (SSSR count). The first-order valence-electron chi connectivity index (χ1n) is 7.30. The van der Waals surface area contributed by atoms with Crippen LogP contribution in [0.3, 0.4) is 0 Å². The highest BCUT2D eigenvalue weighted by molar-refractivity contribution is 7.92. The van der Waals surface area contributed by atoms with Crippen molar-refractivity contribution in [2.24, 2.45) is 0 Å². The molecule has 0 radical (unpaired) electrons. The van der Waals surface area contributed by atoms with E-state index in [1.807, 2.05) is 6.92 Å². The van der Waals surface area contributed by atoms with Crippen molar-refractivity contribution < 1.29 is 13.2 Å². The second kappa shape index (κ2) is 6.71. The molecule has 0 saturated heterocycles. The molecule has 24 heavy (non-hydrogen) atoms. The van der Waals surface area contributed by atoms with Crippen LogP contribution >= 0.6 is 0 Å². The number of ether oxygens (including phenoxy) is 1. The Labute approximate surface area is 139 Å². The maximum absolute atomic E-state index is 12.4. The van der Waals surface area contributed by atoms with E-state index >= 15 is 0 Å². The zero-order chi connectivity index (χ0) is 17.0. The second-order valence-electron chi connectivity index (χ2n) is 4.91. The molecule has 0 unspecified atom stereocenters. The first-order valence-corrected chi connectivity index (χ1v) is 8.78. The molecule has 2 aromatic heterocycles. The predicted molar refractivity (Wildman–Crippen MR) is 90.2 cm³/mol. The van der Waals surface area contributed by atoms with E-state index < -0.39 is 10.0 Å². The van der Waals surface area contributed by atoms with Gasteiger partial charge in [-0.1, -0.05) is 0 Å². The first-order chi connectivity index (χ1) is 11.6. The summed E-state index contributed by atoms with van der Waals surface area (Å²) in [4.78, 5) is 4.08. The number of sulfonamides is 1. The molecular weight excluding hydrogens is 328 g/mol. The fourth-order valence-corrected chi connectivity index (χ4v) is 3.12. The Bertz CT molecular complexity index is 906. The van der Waals surface area contributed by atoms with Crippen molar-refractivity contribution in [2.45, 2.75) is 11.8 Å². The van der Waals surface area contributed by atoms with Crippen LogP contribution in [0.5, 0.6) is 5.75 Å². The summed E-state index contributed by atoms with van der Waals surface area (Å²) in [7, 11) is -3.71. The van der Waals surface area contributed by atoms with Crippen molar-refractivity contribution in [3.05, 3.63) is 54.9 Å². The van der Waals surface area contributed by atoms with Gasteiger partial charge in [-0.2, -0.15) is 5.10 Å². The molecule has 124 valence electrons. The molecular formula is C16H16N4O3S. The second-order valence-corrected chi connectivity index (χ2v) is 6.60. The fraction of sp³-hybridized carbons (Fsp3) is 0.125. The van der Waals surface area contributed by atoms with E-state index in [0.29, 0.717) is 18.1 Å². The zero-order valence-corrected chi connectivity index (χ0v) is 13.7. The molecule has 0 fully saturated rings. The van der Waals surface area contributed by atoms with E-state index in [1.54, 1.807) is 42.7 Å². The van der Waals surface area contributed by atoms with E-state index in [0.717, 1.165) is 5.56 Å². The monoisotopic (exact) mass is 344 g/mol. The third-order valence-corrected chi connectivity index (χ3v) is 4.62. The third kappa shape index (κ3) is 3.54. The van der Waals surface area contributed by atoms with Gasteiger partial charge in [0.15, 0.2) is 5.82 Å². The summed E-state index contributed by atoms with van der Waals surface area (Å²) in [6, 6.07) is 11.4. The van der Waals surface area contributed by atoms with Crippen LogP contribution in [0, 0.1) is 0 Å². The summed E-state index contributed by atoms with van der Waals surface area (Å²) in [6.07, 6.45) is 3.31. The molecule has 0 aliphatic heterocycles. The van der Waals surface area contributed by atoms with Gasteiger partial charge in [0.05, 0.1) is 17.2 Å². The van der Waals surface area contributed by atoms with E-state index in [2.05, 4.69) is 19.9 Å². The molecule has 2 heterocycles. The molecule has 0 aliphatic rings. The van der Waals surface area contributed by atoms with Crippen LogP contribution in [-0.2, 0) is 10.0 Å². The van der Waals surface area contributed by atoms with Crippen molar-refractivity contribution in [3.63, 3.8) is 0 Å². The van der Waals surface area contributed by atoms with E-state index in [9.17, 15) is 8.42 Å². The average Bonchev–Trinajstić information content (AvgIpc) is 3.04. The number of nitrogens with zero attached hydrogens (tertiary/aromatic N) is 2. The van der Waals surface area contributed by atoms with Crippen LogP contribution in [0.15, 0.2) is 59.8 Å². The van der Waals surface area contributed by atoms with Gasteiger partial charge >= 0.3 is 0 Å². The molecule has 7 nitrogen and oxygen atoms in total. The lowest BCUT2D eigenvalue weighted by Crippen LogP contribution is -2.13. The van der Waals surface area contributed by atoms with E-state index in [-0.39, 0.29) is 10.7 Å². The van der Waals surface area contributed by atoms with Gasteiger partial charge in [0.1, 0.15) is 5.75 Å². The number of aromatic amines is 1. The van der Waals surface area contributed by atoms with Crippen molar-refractivity contribution >= 4 is 15.8 Å². The van der Waals surface area contributed by atoms with Crippen molar-refractivity contribution in [2.75, 3.05) is 11.3 Å². The number of hydrogen-bond acceptors (Lipinski definition) is 5. The topological polar surface area (TPSA) is 97.0 Å². The minimum Gasteiger partial charge on any atom is -0.494 e. The summed E-state index contributed by atoms with van der Waals surface area (Å²) < 4.78 is 32.6. The maximum Gasteiger partial charge on any atom is 0.263 e. The van der Waals surface area contributed by atoms with Crippen LogP contribution in [0.1, 0.15) is 6.92 Å². The summed E-state index contributed by atoms with van der Waals surface area (Å²) in [5, 5.41) is 6.79. The van der Waals surface area contributed by atoms with Gasteiger partial charge in [-0.05, 0) is 43.3 Å². The summed E-state index contributed by atoms with van der Waals surface area (Å²) in [6.45, 7) is 2.39. The lowest BCUT2D eigenvalue weighted by Gasteiger charge is -2.07. The number of anilines is 1. The minimum absolute atomic E-state index is 0.138. The molecule has 0 bridgehead atoms. The number of pyridine rings is 1. The molecule has 0 spiro atoms. The standard InChI is InChI=1S/C16H16N4O3S/c1-2-23-13-3-5-14(6-4-13)24(21,22)20-16-11-15(18-19-16)12-7-9-17-10-8-12/h3-11H,2H2,1H3,(H2,18,19,20). The minimum atomic E-state index is -3.71. The zero-order valence-electron chi connectivity index (χ0n) is 12.9. The maximum atomic E-state index is 12.4. The first kappa shape index (κ1) is 16.0. The predicted octanol–water partition coefficient (Wildman–Crippen LogP) is 2.67. The lowest BCUT2D eigenvalue weighted by atomic mass is 10.2. The quantitative estimate of drug-likeness (QED) is 0.716. The van der Waals surface area contributed by atoms with Gasteiger partial charge in [-0.3, -0.25) is 14.8 Å². The normalized spacial score (nSPS) is 11.2. The molecule has 0 aliphatic carbocycles. The number of nitrogens with one attached hydrogen (secondary N) is 2. The Kier molecular flexibility index (Phi) is 4.48. The number of H-pyrrole nitrogens is 1. The Morgan fingerprint density at radius 3 is 2.50 bits per heavy atom. The number of rotatable bonds is 6. The highest BCUT2D eigenvalue weighted by atomic mass is 32.2. The highest BCUT2D eigenvalue weighted by Crippen LogP contribution is 2.22. The lowest BCUT2D eigenvalue weighted by molar-refractivity contribution is 0.340. The Balaban J connectivity index is 1.78. The summed E-state index contributed by atoms with van der Waals surface area (Å²) >= 11 is 0. The van der Waals surface area contributed by atoms with Crippen molar-refractivity contribution in [3.8, 4) is 17.0 Å². The smallest absolute Gasteiger partial charge is 0.263 e. The molecule has 3 aromatic rings. The van der Waals surface area contributed by atoms with E-state index in [4.69, 9.17) is 4.74 Å². The van der Waals surface area contributed by atoms with Gasteiger partial charge in [0.2, 0.25) is 0 Å². The third-order valence-electron chi connectivity index (χ3n) is 3.25. The number of benzene rings is 1. The van der Waals surface area contributed by atoms with Crippen LogP contribution in [0.4, 0.5) is 5.82 Å². The van der Waals surface area contributed by atoms with Gasteiger partial charge in [-0.15, -0.1) is 0 Å². The Morgan fingerprint density at radius 2 is 1.83 bits per heavy atom. The fourth-order valence-electron chi connectivity index (χ4n) is 2.13. The van der Waals surface area contributed by atoms with E-state index in [1.165, 1.54) is 12.1 Å². The highest BCUT2D eigenvalue weighted by Gasteiger charge is 2.16. The molecule has 0 atom stereocenters. The van der Waals surface area contributed by atoms with Crippen LogP contribution in [-0.4, -0.2) is 30.2 Å². The molecule has 1 aromatic carbocycles. The van der Waals surface area contributed by atoms with Gasteiger partial charge < -0.3 is 4.74 Å². The Morgan fingerprint density at radius 1 is 1.12 bits per heavy atom. The summed E-state index contributed by atoms with van der Waals surface area (Å²) in [5.74, 6) is 0.840. The van der Waals surface area contributed by atoms with Crippen molar-refractivity contribution in [1.29, 1.82) is 0 Å².